The first-order chi connectivity index (χ1) is 18.1. The van der Waals surface area contributed by atoms with Crippen molar-refractivity contribution >= 4 is 23.5 Å². The third-order valence-electron chi connectivity index (χ3n) is 7.30. The minimum Gasteiger partial charge on any atom is -0.443 e. The average Bonchev–Trinajstić information content (AvgIpc) is 3.68. The Morgan fingerprint density at radius 3 is 2.71 bits per heavy atom. The molecule has 0 radical (unpaired) electrons. The zero-order valence-corrected chi connectivity index (χ0v) is 20.5. The summed E-state index contributed by atoms with van der Waals surface area (Å²) in [6.45, 7) is 1.19. The largest absolute Gasteiger partial charge is 0.522 e. The SMILES string of the molecule is CC1(NC(=O)O[C@@H]2CC[C@H](c3cc(Nc4nc(C5CC5)cc5nc(COC(F)(F)F)cn45)n[nH]3)[C@H]2F)CC1. The Hall–Kier alpha value is -3.42. The number of alkyl carbamates (subject to hydrolysis) is 1. The molecule has 3 N–H and O–H groups in total. The van der Waals surface area contributed by atoms with Crippen LogP contribution in [-0.2, 0) is 16.1 Å². The predicted molar refractivity (Wildman–Crippen MR) is 126 cm³/mol. The molecule has 3 aromatic rings. The van der Waals surface area contributed by atoms with Gasteiger partial charge in [-0.05, 0) is 45.4 Å². The second-order valence-corrected chi connectivity index (χ2v) is 10.6. The number of alkyl halides is 4. The van der Waals surface area contributed by atoms with Crippen molar-refractivity contribution in [2.75, 3.05) is 5.32 Å². The van der Waals surface area contributed by atoms with E-state index in [0.717, 1.165) is 31.4 Å². The number of H-pyrrole nitrogens is 1. The van der Waals surface area contributed by atoms with Crippen LogP contribution in [-0.4, -0.2) is 54.8 Å². The van der Waals surface area contributed by atoms with Crippen molar-refractivity contribution < 1.29 is 31.8 Å². The Morgan fingerprint density at radius 2 is 2.00 bits per heavy atom. The van der Waals surface area contributed by atoms with E-state index in [1.807, 2.05) is 6.92 Å². The Balaban J connectivity index is 1.16. The van der Waals surface area contributed by atoms with Crippen molar-refractivity contribution in [3.63, 3.8) is 0 Å². The van der Waals surface area contributed by atoms with Crippen LogP contribution in [0.3, 0.4) is 0 Å². The zero-order valence-electron chi connectivity index (χ0n) is 20.5. The lowest BCUT2D eigenvalue weighted by atomic mass is 10.0. The molecule has 3 heterocycles. The van der Waals surface area contributed by atoms with Gasteiger partial charge in [-0.2, -0.15) is 5.10 Å². The molecule has 10 nitrogen and oxygen atoms in total. The standard InChI is InChI=1S/C24H27F4N7O3/c1-23(6-7-23)32-22(36)38-17-5-4-14(20(17)25)16-8-18(34-33-16)31-21-30-15(12-2-3-12)9-19-29-13(10-35(19)21)11-37-24(26,27)28/h8-10,12,14,17,20H,2-7,11H2,1H3,(H,32,36)(H2,30,31,33,34)/t14-,17-,20-/m1/s1. The Kier molecular flexibility index (Phi) is 5.96. The van der Waals surface area contributed by atoms with E-state index in [9.17, 15) is 18.0 Å². The van der Waals surface area contributed by atoms with Crippen LogP contribution in [0.1, 0.15) is 74.4 Å². The van der Waals surface area contributed by atoms with Gasteiger partial charge < -0.3 is 15.4 Å². The first kappa shape index (κ1) is 24.9. The maximum absolute atomic E-state index is 15.2. The van der Waals surface area contributed by atoms with Gasteiger partial charge in [0.25, 0.3) is 0 Å². The van der Waals surface area contributed by atoms with Crippen molar-refractivity contribution in [2.45, 2.75) is 88.1 Å². The maximum Gasteiger partial charge on any atom is 0.522 e. The number of anilines is 2. The number of imidazole rings is 1. The first-order valence-electron chi connectivity index (χ1n) is 12.6. The number of hydrogen-bond acceptors (Lipinski definition) is 7. The summed E-state index contributed by atoms with van der Waals surface area (Å²) in [4.78, 5) is 21.0. The molecule has 0 unspecified atom stereocenters. The summed E-state index contributed by atoms with van der Waals surface area (Å²) in [7, 11) is 0. The number of carbonyl (C=O) groups is 1. The zero-order chi connectivity index (χ0) is 26.7. The van der Waals surface area contributed by atoms with Crippen molar-refractivity contribution in [1.29, 1.82) is 0 Å². The van der Waals surface area contributed by atoms with Gasteiger partial charge in [-0.15, -0.1) is 13.2 Å². The van der Waals surface area contributed by atoms with E-state index in [2.05, 4.69) is 35.5 Å². The number of amides is 1. The molecule has 3 atom stereocenters. The molecule has 204 valence electrons. The van der Waals surface area contributed by atoms with Crippen molar-refractivity contribution in [1.82, 2.24) is 29.9 Å². The molecule has 3 saturated carbocycles. The third kappa shape index (κ3) is 5.40. The van der Waals surface area contributed by atoms with Crippen LogP contribution in [0, 0.1) is 0 Å². The van der Waals surface area contributed by atoms with Gasteiger partial charge in [0.2, 0.25) is 5.95 Å². The fourth-order valence-corrected chi connectivity index (χ4v) is 4.76. The predicted octanol–water partition coefficient (Wildman–Crippen LogP) is 4.97. The normalized spacial score (nSPS) is 24.5. The van der Waals surface area contributed by atoms with Crippen LogP contribution < -0.4 is 10.6 Å². The van der Waals surface area contributed by atoms with Crippen LogP contribution in [0.2, 0.25) is 0 Å². The molecule has 0 bridgehead atoms. The molecule has 0 spiro atoms. The third-order valence-corrected chi connectivity index (χ3v) is 7.30. The highest BCUT2D eigenvalue weighted by Gasteiger charge is 2.43. The van der Waals surface area contributed by atoms with Crippen molar-refractivity contribution in [2.24, 2.45) is 0 Å². The van der Waals surface area contributed by atoms with Crippen LogP contribution in [0.4, 0.5) is 34.1 Å². The number of fused-ring (bicyclic) bond motifs is 1. The number of aromatic amines is 1. The lowest BCUT2D eigenvalue weighted by molar-refractivity contribution is -0.330. The van der Waals surface area contributed by atoms with E-state index in [0.29, 0.717) is 35.9 Å². The summed E-state index contributed by atoms with van der Waals surface area (Å²) >= 11 is 0. The Bertz CT molecular complexity index is 1350. The molecule has 0 aromatic carbocycles. The van der Waals surface area contributed by atoms with Crippen LogP contribution in [0.15, 0.2) is 18.3 Å². The minimum absolute atomic E-state index is 0.0971. The van der Waals surface area contributed by atoms with Gasteiger partial charge in [0.05, 0.1) is 18.0 Å². The molecule has 3 aromatic heterocycles. The first-order valence-corrected chi connectivity index (χ1v) is 12.6. The lowest BCUT2D eigenvalue weighted by Crippen LogP contribution is -2.38. The summed E-state index contributed by atoms with van der Waals surface area (Å²) < 4.78 is 63.5. The molecular formula is C24H27F4N7O3. The second kappa shape index (κ2) is 9.10. The fourth-order valence-electron chi connectivity index (χ4n) is 4.76. The van der Waals surface area contributed by atoms with Crippen LogP contribution in [0.25, 0.3) is 5.65 Å². The number of nitrogens with one attached hydrogen (secondary N) is 3. The van der Waals surface area contributed by atoms with Gasteiger partial charge in [-0.1, -0.05) is 0 Å². The monoisotopic (exact) mass is 537 g/mol. The highest BCUT2D eigenvalue weighted by Crippen LogP contribution is 2.41. The lowest BCUT2D eigenvalue weighted by Gasteiger charge is -2.19. The Labute approximate surface area is 214 Å². The van der Waals surface area contributed by atoms with E-state index < -0.39 is 37.3 Å². The van der Waals surface area contributed by atoms with Gasteiger partial charge in [-0.25, -0.2) is 19.2 Å². The number of halogens is 4. The van der Waals surface area contributed by atoms with Gasteiger partial charge in [-0.3, -0.25) is 14.2 Å². The molecule has 3 aliphatic rings. The van der Waals surface area contributed by atoms with E-state index in [1.54, 1.807) is 12.1 Å². The number of aromatic nitrogens is 5. The number of hydrogen-bond donors (Lipinski definition) is 3. The smallest absolute Gasteiger partial charge is 0.443 e. The molecule has 38 heavy (non-hydrogen) atoms. The highest BCUT2D eigenvalue weighted by atomic mass is 19.4. The number of rotatable bonds is 8. The topological polar surface area (TPSA) is 118 Å². The summed E-state index contributed by atoms with van der Waals surface area (Å²) in [5.41, 5.74) is 1.60. The molecule has 14 heteroatoms. The fraction of sp³-hybridized carbons (Fsp3) is 0.583. The van der Waals surface area contributed by atoms with E-state index in [-0.39, 0.29) is 17.2 Å². The van der Waals surface area contributed by atoms with Crippen molar-refractivity contribution in [3.8, 4) is 0 Å². The molecule has 6 rings (SSSR count). The minimum atomic E-state index is -4.77. The van der Waals surface area contributed by atoms with Crippen LogP contribution >= 0.6 is 0 Å². The molecule has 0 saturated heterocycles. The van der Waals surface area contributed by atoms with Gasteiger partial charge in [0.15, 0.2) is 5.82 Å². The molecular weight excluding hydrogens is 510 g/mol. The van der Waals surface area contributed by atoms with Crippen LogP contribution in [0.5, 0.6) is 0 Å². The summed E-state index contributed by atoms with van der Waals surface area (Å²) in [5.74, 6) is 0.421. The average molecular weight is 538 g/mol. The van der Waals surface area contributed by atoms with E-state index in [1.165, 1.54) is 10.6 Å². The molecule has 0 aliphatic heterocycles. The second-order valence-electron chi connectivity index (χ2n) is 10.6. The number of carbonyl (C=O) groups excluding carboxylic acids is 1. The van der Waals surface area contributed by atoms with Crippen molar-refractivity contribution in [3.05, 3.63) is 35.4 Å². The number of ether oxygens (including phenoxy) is 2. The maximum atomic E-state index is 15.2. The van der Waals surface area contributed by atoms with Gasteiger partial charge in [0, 0.05) is 41.4 Å². The highest BCUT2D eigenvalue weighted by molar-refractivity contribution is 5.69. The van der Waals surface area contributed by atoms with E-state index in [4.69, 9.17) is 4.74 Å². The number of nitrogens with zero attached hydrogens (tertiary/aromatic N) is 4. The molecule has 3 fully saturated rings. The summed E-state index contributed by atoms with van der Waals surface area (Å²) in [6, 6.07) is 3.41. The van der Waals surface area contributed by atoms with Gasteiger partial charge >= 0.3 is 12.5 Å². The summed E-state index contributed by atoms with van der Waals surface area (Å²) in [6.07, 6.45) is -1.62. The van der Waals surface area contributed by atoms with Gasteiger partial charge in [0.1, 0.15) is 17.9 Å². The molecule has 3 aliphatic carbocycles. The summed E-state index contributed by atoms with van der Waals surface area (Å²) in [5, 5.41) is 12.9. The van der Waals surface area contributed by atoms with E-state index >= 15 is 4.39 Å². The Morgan fingerprint density at radius 1 is 1.21 bits per heavy atom. The molecule has 1 amide bonds. The quantitative estimate of drug-likeness (QED) is 0.347.